The predicted molar refractivity (Wildman–Crippen MR) is 125 cm³/mol. The van der Waals surface area contributed by atoms with Crippen LogP contribution in [0.3, 0.4) is 0 Å². The van der Waals surface area contributed by atoms with Crippen LogP contribution in [0.25, 0.3) is 26.6 Å². The molecule has 1 unspecified atom stereocenters. The number of benzene rings is 2. The molecule has 1 aliphatic rings. The van der Waals surface area contributed by atoms with Crippen molar-refractivity contribution >= 4 is 28.8 Å². The van der Waals surface area contributed by atoms with Crippen LogP contribution in [0.2, 0.25) is 0 Å². The Balaban J connectivity index is 0.000000298. The summed E-state index contributed by atoms with van der Waals surface area (Å²) in [4.78, 5) is 0. The Kier molecular flexibility index (Phi) is 9.41. The monoisotopic (exact) mass is 630 g/mol. The van der Waals surface area contributed by atoms with E-state index in [0.29, 0.717) is 0 Å². The third-order valence-electron chi connectivity index (χ3n) is 6.10. The van der Waals surface area contributed by atoms with Gasteiger partial charge in [-0.3, -0.25) is 0 Å². The molecule has 0 nitrogen and oxygen atoms in total. The first-order valence-electron chi connectivity index (χ1n) is 10.2. The second-order valence-electron chi connectivity index (χ2n) is 7.87. The molecule has 6 rings (SSSR count). The molecule has 0 N–H and O–H groups in total. The maximum Gasteiger partial charge on any atom is 4.00 e. The molecule has 156 valence electrons. The van der Waals surface area contributed by atoms with Crippen LogP contribution in [-0.2, 0) is 38.7 Å². The fraction of sp³-hybridized carbons (Fsp3) is 0.185. The molecule has 0 saturated heterocycles. The average molecular weight is 630 g/mol. The van der Waals surface area contributed by atoms with Crippen LogP contribution < -0.4 is 24.8 Å². The van der Waals surface area contributed by atoms with Crippen molar-refractivity contribution in [2.45, 2.75) is 33.1 Å². The molecule has 5 aromatic rings. The van der Waals surface area contributed by atoms with Gasteiger partial charge in [-0.2, -0.15) is 23.3 Å². The molecule has 1 aromatic heterocycles. The van der Waals surface area contributed by atoms with Crippen LogP contribution in [0.5, 0.6) is 0 Å². The molecule has 4 heteroatoms. The van der Waals surface area contributed by atoms with Crippen molar-refractivity contribution in [2.75, 3.05) is 0 Å². The van der Waals surface area contributed by atoms with E-state index in [1.165, 1.54) is 41.2 Å². The number of fused-ring (bicyclic) bond motifs is 4. The van der Waals surface area contributed by atoms with Crippen LogP contribution >= 0.6 is 7.53 Å². The summed E-state index contributed by atoms with van der Waals surface area (Å²) in [6, 6.07) is 29.0. The zero-order chi connectivity index (χ0) is 19.1. The van der Waals surface area contributed by atoms with Gasteiger partial charge in [-0.1, -0.05) is 49.5 Å². The van der Waals surface area contributed by atoms with Gasteiger partial charge in [0.15, 0.2) is 0 Å². The Morgan fingerprint density at radius 3 is 2.32 bits per heavy atom. The van der Waals surface area contributed by atoms with Gasteiger partial charge in [0, 0.05) is 5.12 Å². The molecule has 4 aromatic carbocycles. The van der Waals surface area contributed by atoms with E-state index < -0.39 is 0 Å². The molecule has 0 bridgehead atoms. The molecule has 0 aliphatic heterocycles. The van der Waals surface area contributed by atoms with E-state index in [9.17, 15) is 0 Å². The van der Waals surface area contributed by atoms with E-state index in [-0.39, 0.29) is 58.2 Å². The number of hydrogen-bond donors (Lipinski definition) is 0. The summed E-state index contributed by atoms with van der Waals surface area (Å²) in [7, 11) is -0.264. The van der Waals surface area contributed by atoms with Crippen LogP contribution in [0.4, 0.5) is 0 Å². The first kappa shape index (κ1) is 26.1. The minimum atomic E-state index is -0.264. The molecule has 0 fully saturated rings. The van der Waals surface area contributed by atoms with Crippen LogP contribution in [0.1, 0.15) is 28.4 Å². The molecule has 31 heavy (non-hydrogen) atoms. The smallest absolute Gasteiger partial charge is 1.00 e. The fourth-order valence-electron chi connectivity index (χ4n) is 4.49. The molecular weight excluding hydrogens is 605 g/mol. The van der Waals surface area contributed by atoms with Gasteiger partial charge in [-0.25, -0.2) is 12.1 Å². The Morgan fingerprint density at radius 2 is 1.65 bits per heavy atom. The zero-order valence-corrected chi connectivity index (χ0v) is 23.8. The minimum Gasteiger partial charge on any atom is -1.00 e. The molecule has 0 saturated carbocycles. The summed E-state index contributed by atoms with van der Waals surface area (Å²) in [5.74, 6) is 0. The predicted octanol–water partition coefficient (Wildman–Crippen LogP) is 2.20. The van der Waals surface area contributed by atoms with E-state index in [0.717, 1.165) is 0 Å². The molecule has 1 aliphatic carbocycles. The molecular formula is C27H25Cl2HfP. The summed E-state index contributed by atoms with van der Waals surface area (Å²) in [6.07, 6.45) is 3.93. The van der Waals surface area contributed by atoms with Crippen molar-refractivity contribution in [1.29, 1.82) is 0 Å². The summed E-state index contributed by atoms with van der Waals surface area (Å²) in [5, 5.41) is 9.21. The molecule has 0 spiro atoms. The second-order valence-corrected chi connectivity index (χ2v) is 10.1. The van der Waals surface area contributed by atoms with Crippen molar-refractivity contribution in [1.82, 2.24) is 0 Å². The Bertz CT molecular complexity index is 1230. The van der Waals surface area contributed by atoms with Crippen molar-refractivity contribution < 1.29 is 50.7 Å². The molecule has 0 amide bonds. The third-order valence-corrected chi connectivity index (χ3v) is 8.78. The van der Waals surface area contributed by atoms with Gasteiger partial charge >= 0.3 is 25.8 Å². The number of rotatable bonds is 1. The van der Waals surface area contributed by atoms with E-state index in [1.807, 2.05) is 0 Å². The van der Waals surface area contributed by atoms with E-state index in [2.05, 4.69) is 92.7 Å². The average Bonchev–Trinajstić information content (AvgIpc) is 3.47. The standard InChI is InChI=1S/C20H16P.C7H9.2ClH.Hf/c1-2-7-15-13-16(12-14(15)6-1)21-19-10-4-3-8-17(19)18-9-5-11-20(18)21;1-6-4-3-5-7(6)2;;;/h1-4,6-8,10,12-13H,5,9,11H2;3-5H,1-2H3;2*1H;/q2*-1;;;+4/p-2. The SMILES string of the molecule is Cc1ccc[c-]1C.[Cl-].[Cl-].[Hf+4].c1ccc2[cH-]c(-p3c4c(c5ccccc53)CCC4)cc2c1. The number of halogens is 2. The fourth-order valence-corrected chi connectivity index (χ4v) is 7.48. The normalized spacial score (nSPS) is 12.3. The molecule has 1 heterocycles. The summed E-state index contributed by atoms with van der Waals surface area (Å²) in [6.45, 7) is 4.24. The Morgan fingerprint density at radius 1 is 0.903 bits per heavy atom. The molecule has 1 atom stereocenters. The van der Waals surface area contributed by atoms with Gasteiger partial charge in [0.1, 0.15) is 0 Å². The maximum absolute atomic E-state index is 2.42. The van der Waals surface area contributed by atoms with Gasteiger partial charge in [0.05, 0.1) is 0 Å². The molecule has 0 radical (unpaired) electrons. The minimum absolute atomic E-state index is 0. The summed E-state index contributed by atoms with van der Waals surface area (Å²) < 4.78 is 0. The summed E-state index contributed by atoms with van der Waals surface area (Å²) >= 11 is 0. The van der Waals surface area contributed by atoms with Gasteiger partial charge < -0.3 is 24.8 Å². The Labute approximate surface area is 217 Å². The van der Waals surface area contributed by atoms with E-state index in [4.69, 9.17) is 0 Å². The third kappa shape index (κ3) is 4.96. The second kappa shape index (κ2) is 11.2. The van der Waals surface area contributed by atoms with Crippen LogP contribution in [0, 0.1) is 13.8 Å². The maximum atomic E-state index is 2.42. The van der Waals surface area contributed by atoms with Gasteiger partial charge in [0.25, 0.3) is 0 Å². The van der Waals surface area contributed by atoms with E-state index in [1.54, 1.807) is 26.7 Å². The Hall–Kier alpha value is -1.11. The topological polar surface area (TPSA) is 0 Å². The van der Waals surface area contributed by atoms with Gasteiger partial charge in [-0.15, -0.1) is 42.6 Å². The van der Waals surface area contributed by atoms with Gasteiger partial charge in [0.2, 0.25) is 0 Å². The zero-order valence-electron chi connectivity index (χ0n) is 17.8. The van der Waals surface area contributed by atoms with Gasteiger partial charge in [-0.05, 0) is 35.5 Å². The summed E-state index contributed by atoms with van der Waals surface area (Å²) in [5.41, 5.74) is 4.45. The van der Waals surface area contributed by atoms with Crippen molar-refractivity contribution in [3.63, 3.8) is 0 Å². The first-order chi connectivity index (χ1) is 13.7. The quantitative estimate of drug-likeness (QED) is 0.197. The van der Waals surface area contributed by atoms with Crippen LogP contribution in [0.15, 0.2) is 78.9 Å². The number of aryl methyl sites for hydroxylation is 3. The van der Waals surface area contributed by atoms with E-state index >= 15 is 0 Å². The van der Waals surface area contributed by atoms with Crippen LogP contribution in [-0.4, -0.2) is 0 Å². The first-order valence-corrected chi connectivity index (χ1v) is 11.5. The van der Waals surface area contributed by atoms with Crippen molar-refractivity contribution in [3.8, 4) is 5.30 Å². The van der Waals surface area contributed by atoms with Crippen molar-refractivity contribution in [2.24, 2.45) is 0 Å². The van der Waals surface area contributed by atoms with Crippen molar-refractivity contribution in [3.05, 3.63) is 101 Å². The largest absolute Gasteiger partial charge is 4.00 e. The number of hydrogen-bond acceptors (Lipinski definition) is 0.